The van der Waals surface area contributed by atoms with E-state index in [9.17, 15) is 9.59 Å². The second kappa shape index (κ2) is 8.49. The molecule has 1 aromatic rings. The van der Waals surface area contributed by atoms with E-state index in [1.54, 1.807) is 35.0 Å². The second-order valence-corrected chi connectivity index (χ2v) is 8.46. The van der Waals surface area contributed by atoms with Gasteiger partial charge in [0.15, 0.2) is 0 Å². The maximum absolute atomic E-state index is 13.0. The summed E-state index contributed by atoms with van der Waals surface area (Å²) < 4.78 is 5.47. The monoisotopic (exact) mass is 400 g/mol. The van der Waals surface area contributed by atoms with Gasteiger partial charge in [0.05, 0.1) is 0 Å². The van der Waals surface area contributed by atoms with E-state index in [1.165, 1.54) is 0 Å². The standard InChI is InChI=1S/C19H26Cl2N2O3/c1-19(2,3)26-18(25)23-10-6-5-7-16(23)17(24)22(4)12-13-11-14(20)8-9-15(13)21/h8-9,11,16H,5-7,10,12H2,1-4H3/t16-/m0/s1. The highest BCUT2D eigenvalue weighted by Crippen LogP contribution is 2.25. The molecule has 1 aliphatic rings. The van der Waals surface area contributed by atoms with E-state index in [-0.39, 0.29) is 5.91 Å². The maximum Gasteiger partial charge on any atom is 0.410 e. The van der Waals surface area contributed by atoms with Crippen molar-refractivity contribution >= 4 is 35.2 Å². The van der Waals surface area contributed by atoms with Gasteiger partial charge in [-0.2, -0.15) is 0 Å². The zero-order valence-electron chi connectivity index (χ0n) is 15.7. The number of rotatable bonds is 3. The van der Waals surface area contributed by atoms with Crippen LogP contribution in [0, 0.1) is 0 Å². The topological polar surface area (TPSA) is 49.9 Å². The van der Waals surface area contributed by atoms with Crippen LogP contribution >= 0.6 is 23.2 Å². The van der Waals surface area contributed by atoms with Crippen molar-refractivity contribution in [2.75, 3.05) is 13.6 Å². The van der Waals surface area contributed by atoms with Crippen molar-refractivity contribution in [1.29, 1.82) is 0 Å². The van der Waals surface area contributed by atoms with Crippen LogP contribution in [-0.2, 0) is 16.1 Å². The Hall–Kier alpha value is -1.46. The van der Waals surface area contributed by atoms with Gasteiger partial charge in [0.1, 0.15) is 11.6 Å². The molecule has 0 aliphatic carbocycles. The molecule has 144 valence electrons. The number of carbonyl (C=O) groups is 2. The fraction of sp³-hybridized carbons (Fsp3) is 0.579. The normalized spacial score (nSPS) is 17.8. The molecule has 2 amide bonds. The Balaban J connectivity index is 2.11. The first-order valence-electron chi connectivity index (χ1n) is 8.77. The van der Waals surface area contributed by atoms with Gasteiger partial charge in [-0.15, -0.1) is 0 Å². The van der Waals surface area contributed by atoms with E-state index < -0.39 is 17.7 Å². The lowest BCUT2D eigenvalue weighted by Crippen LogP contribution is -2.53. The van der Waals surface area contributed by atoms with Crippen LogP contribution in [0.5, 0.6) is 0 Å². The first-order chi connectivity index (χ1) is 12.1. The summed E-state index contributed by atoms with van der Waals surface area (Å²) in [6, 6.07) is 4.66. The molecule has 0 spiro atoms. The van der Waals surface area contributed by atoms with Crippen LogP contribution in [0.15, 0.2) is 18.2 Å². The van der Waals surface area contributed by atoms with Crippen molar-refractivity contribution in [1.82, 2.24) is 9.80 Å². The number of hydrogen-bond acceptors (Lipinski definition) is 3. The largest absolute Gasteiger partial charge is 0.444 e. The van der Waals surface area contributed by atoms with Crippen molar-refractivity contribution < 1.29 is 14.3 Å². The van der Waals surface area contributed by atoms with Crippen LogP contribution in [0.25, 0.3) is 0 Å². The molecular formula is C19H26Cl2N2O3. The molecule has 1 atom stereocenters. The summed E-state index contributed by atoms with van der Waals surface area (Å²) in [5.74, 6) is -0.119. The van der Waals surface area contributed by atoms with Gasteiger partial charge in [-0.25, -0.2) is 4.79 Å². The zero-order chi connectivity index (χ0) is 19.5. The SMILES string of the molecule is CN(Cc1cc(Cl)ccc1Cl)C(=O)[C@@H]1CCCCN1C(=O)OC(C)(C)C. The summed E-state index contributed by atoms with van der Waals surface area (Å²) in [7, 11) is 1.71. The lowest BCUT2D eigenvalue weighted by molar-refractivity contribution is -0.137. The van der Waals surface area contributed by atoms with Gasteiger partial charge in [0, 0.05) is 30.2 Å². The quantitative estimate of drug-likeness (QED) is 0.735. The summed E-state index contributed by atoms with van der Waals surface area (Å²) in [5.41, 5.74) is 0.178. The molecule has 5 nitrogen and oxygen atoms in total. The number of piperidine rings is 1. The lowest BCUT2D eigenvalue weighted by atomic mass is 10.0. The Labute approximate surface area is 165 Å². The lowest BCUT2D eigenvalue weighted by Gasteiger charge is -2.37. The number of nitrogens with zero attached hydrogens (tertiary/aromatic N) is 2. The molecule has 0 saturated carbocycles. The van der Waals surface area contributed by atoms with Crippen LogP contribution < -0.4 is 0 Å². The van der Waals surface area contributed by atoms with Gasteiger partial charge in [-0.1, -0.05) is 23.2 Å². The molecule has 0 unspecified atom stereocenters. The minimum absolute atomic E-state index is 0.119. The second-order valence-electron chi connectivity index (χ2n) is 7.62. The van der Waals surface area contributed by atoms with Crippen molar-refractivity contribution in [3.63, 3.8) is 0 Å². The number of likely N-dealkylation sites (N-methyl/N-ethyl adjacent to an activating group) is 1. The van der Waals surface area contributed by atoms with Crippen molar-refractivity contribution in [3.05, 3.63) is 33.8 Å². The third kappa shape index (κ3) is 5.52. The van der Waals surface area contributed by atoms with Gasteiger partial charge >= 0.3 is 6.09 Å². The zero-order valence-corrected chi connectivity index (χ0v) is 17.2. The number of benzene rings is 1. The van der Waals surface area contributed by atoms with Crippen LogP contribution in [0.4, 0.5) is 4.79 Å². The molecule has 0 radical (unpaired) electrons. The van der Waals surface area contributed by atoms with Gasteiger partial charge in [-0.3, -0.25) is 9.69 Å². The molecule has 1 fully saturated rings. The molecule has 0 N–H and O–H groups in total. The third-order valence-electron chi connectivity index (χ3n) is 4.21. The van der Waals surface area contributed by atoms with Gasteiger partial charge < -0.3 is 9.64 Å². The number of likely N-dealkylation sites (tertiary alicyclic amines) is 1. The molecule has 26 heavy (non-hydrogen) atoms. The summed E-state index contributed by atoms with van der Waals surface area (Å²) in [5, 5.41) is 1.12. The van der Waals surface area contributed by atoms with Gasteiger partial charge in [0.25, 0.3) is 0 Å². The highest BCUT2D eigenvalue weighted by atomic mass is 35.5. The molecule has 1 aromatic carbocycles. The number of ether oxygens (including phenoxy) is 1. The molecule has 2 rings (SSSR count). The molecule has 0 bridgehead atoms. The van der Waals surface area contributed by atoms with E-state index in [2.05, 4.69) is 0 Å². The molecule has 1 heterocycles. The Kier molecular flexibility index (Phi) is 6.80. The number of carbonyl (C=O) groups excluding carboxylic acids is 2. The van der Waals surface area contributed by atoms with E-state index in [1.807, 2.05) is 20.8 Å². The van der Waals surface area contributed by atoms with E-state index in [4.69, 9.17) is 27.9 Å². The average Bonchev–Trinajstić information content (AvgIpc) is 2.56. The first kappa shape index (κ1) is 20.8. The molecular weight excluding hydrogens is 375 g/mol. The van der Waals surface area contributed by atoms with Gasteiger partial charge in [-0.05, 0) is 63.8 Å². The minimum Gasteiger partial charge on any atom is -0.444 e. The van der Waals surface area contributed by atoms with Crippen LogP contribution in [0.1, 0.15) is 45.6 Å². The van der Waals surface area contributed by atoms with E-state index >= 15 is 0 Å². The summed E-state index contributed by atoms with van der Waals surface area (Å²) in [6.45, 7) is 6.31. The minimum atomic E-state index is -0.595. The van der Waals surface area contributed by atoms with Crippen molar-refractivity contribution in [2.45, 2.75) is 58.2 Å². The van der Waals surface area contributed by atoms with Gasteiger partial charge in [0.2, 0.25) is 5.91 Å². The number of hydrogen-bond donors (Lipinski definition) is 0. The molecule has 1 saturated heterocycles. The predicted octanol–water partition coefficient (Wildman–Crippen LogP) is 4.74. The summed E-state index contributed by atoms with van der Waals surface area (Å²) in [4.78, 5) is 28.6. The van der Waals surface area contributed by atoms with Crippen LogP contribution in [0.2, 0.25) is 10.0 Å². The number of halogens is 2. The van der Waals surface area contributed by atoms with Crippen molar-refractivity contribution in [3.8, 4) is 0 Å². The first-order valence-corrected chi connectivity index (χ1v) is 9.52. The average molecular weight is 401 g/mol. The maximum atomic E-state index is 13.0. The Bertz CT molecular complexity index is 673. The fourth-order valence-electron chi connectivity index (χ4n) is 2.98. The Morgan fingerprint density at radius 1 is 1.27 bits per heavy atom. The molecule has 1 aliphatic heterocycles. The Morgan fingerprint density at radius 2 is 1.96 bits per heavy atom. The predicted molar refractivity (Wildman–Crippen MR) is 104 cm³/mol. The summed E-state index contributed by atoms with van der Waals surface area (Å²) in [6.07, 6.45) is 1.96. The Morgan fingerprint density at radius 3 is 2.62 bits per heavy atom. The highest BCUT2D eigenvalue weighted by molar-refractivity contribution is 6.33. The van der Waals surface area contributed by atoms with Crippen LogP contribution in [-0.4, -0.2) is 47.0 Å². The van der Waals surface area contributed by atoms with E-state index in [0.29, 0.717) is 29.6 Å². The molecule has 0 aromatic heterocycles. The fourth-order valence-corrected chi connectivity index (χ4v) is 3.35. The highest BCUT2D eigenvalue weighted by Gasteiger charge is 2.36. The van der Waals surface area contributed by atoms with Crippen molar-refractivity contribution in [2.24, 2.45) is 0 Å². The molecule has 7 heteroatoms. The smallest absolute Gasteiger partial charge is 0.410 e. The number of amides is 2. The van der Waals surface area contributed by atoms with Crippen LogP contribution in [0.3, 0.4) is 0 Å². The van der Waals surface area contributed by atoms with E-state index in [0.717, 1.165) is 18.4 Å². The third-order valence-corrected chi connectivity index (χ3v) is 4.81. The summed E-state index contributed by atoms with van der Waals surface area (Å²) >= 11 is 12.2.